The van der Waals surface area contributed by atoms with E-state index in [4.69, 9.17) is 9.47 Å². The minimum atomic E-state index is -0.924. The molecule has 172 valence electrons. The molecule has 0 spiro atoms. The molecule has 2 aromatic rings. The summed E-state index contributed by atoms with van der Waals surface area (Å²) in [6, 6.07) is 8.70. The zero-order valence-corrected chi connectivity index (χ0v) is 18.5. The van der Waals surface area contributed by atoms with Gasteiger partial charge < -0.3 is 14.8 Å². The van der Waals surface area contributed by atoms with Crippen LogP contribution < -0.4 is 25.6 Å². The van der Waals surface area contributed by atoms with E-state index in [1.807, 2.05) is 6.92 Å². The number of carbonyl (C=O) groups is 3. The van der Waals surface area contributed by atoms with Gasteiger partial charge in [-0.15, -0.1) is 0 Å². The Morgan fingerprint density at radius 3 is 2.19 bits per heavy atom. The topological polar surface area (TPSA) is 106 Å². The van der Waals surface area contributed by atoms with Gasteiger partial charge in [0.1, 0.15) is 11.9 Å². The van der Waals surface area contributed by atoms with Gasteiger partial charge in [0.25, 0.3) is 17.7 Å². The first-order valence-electron chi connectivity index (χ1n) is 10.2. The highest BCUT2D eigenvalue weighted by molar-refractivity contribution is 5.99. The lowest BCUT2D eigenvalue weighted by molar-refractivity contribution is -0.124. The van der Waals surface area contributed by atoms with Gasteiger partial charge in [-0.2, -0.15) is 0 Å². The third-order valence-corrected chi connectivity index (χ3v) is 4.53. The van der Waals surface area contributed by atoms with E-state index in [2.05, 4.69) is 16.2 Å². The van der Waals surface area contributed by atoms with Crippen molar-refractivity contribution in [2.24, 2.45) is 5.92 Å². The Morgan fingerprint density at radius 1 is 0.938 bits per heavy atom. The number of benzene rings is 2. The van der Waals surface area contributed by atoms with Crippen molar-refractivity contribution in [1.82, 2.24) is 16.2 Å². The first-order chi connectivity index (χ1) is 15.3. The molecule has 9 heteroatoms. The SMILES string of the molecule is CCCOc1ccc(C(=O)NNC(=O)[C@@H](NC(=O)c2ccc(F)cc2)C(C)C)cc1OC. The first kappa shape index (κ1) is 24.6. The van der Waals surface area contributed by atoms with Crippen molar-refractivity contribution in [1.29, 1.82) is 0 Å². The van der Waals surface area contributed by atoms with Crippen molar-refractivity contribution < 1.29 is 28.2 Å². The maximum Gasteiger partial charge on any atom is 0.269 e. The molecule has 3 amide bonds. The van der Waals surface area contributed by atoms with Crippen LogP contribution in [0.25, 0.3) is 0 Å². The largest absolute Gasteiger partial charge is 0.493 e. The number of ether oxygens (including phenoxy) is 2. The number of amides is 3. The van der Waals surface area contributed by atoms with Crippen molar-refractivity contribution in [3.8, 4) is 11.5 Å². The van der Waals surface area contributed by atoms with E-state index >= 15 is 0 Å². The van der Waals surface area contributed by atoms with Crippen molar-refractivity contribution in [2.45, 2.75) is 33.2 Å². The number of hydrazine groups is 1. The van der Waals surface area contributed by atoms with E-state index in [0.717, 1.165) is 18.6 Å². The second-order valence-electron chi connectivity index (χ2n) is 7.36. The van der Waals surface area contributed by atoms with E-state index in [9.17, 15) is 18.8 Å². The maximum atomic E-state index is 13.1. The molecule has 0 unspecified atom stereocenters. The molecule has 2 rings (SSSR count). The summed E-state index contributed by atoms with van der Waals surface area (Å²) in [5, 5.41) is 2.60. The van der Waals surface area contributed by atoms with Crippen LogP contribution in [0.4, 0.5) is 4.39 Å². The summed E-state index contributed by atoms with van der Waals surface area (Å²) in [5.74, 6) is -1.53. The van der Waals surface area contributed by atoms with Crippen molar-refractivity contribution in [2.75, 3.05) is 13.7 Å². The average Bonchev–Trinajstić information content (AvgIpc) is 2.79. The molecule has 3 N–H and O–H groups in total. The van der Waals surface area contributed by atoms with Crippen molar-refractivity contribution in [3.05, 3.63) is 59.4 Å². The Kier molecular flexibility index (Phi) is 9.00. The summed E-state index contributed by atoms with van der Waals surface area (Å²) in [6.07, 6.45) is 0.826. The van der Waals surface area contributed by atoms with Crippen molar-refractivity contribution in [3.63, 3.8) is 0 Å². The third kappa shape index (κ3) is 6.69. The molecular formula is C23H28FN3O5. The van der Waals surface area contributed by atoms with E-state index in [1.54, 1.807) is 26.0 Å². The molecule has 8 nitrogen and oxygen atoms in total. The number of methoxy groups -OCH3 is 1. The molecule has 0 saturated heterocycles. The summed E-state index contributed by atoms with van der Waals surface area (Å²) < 4.78 is 23.9. The molecule has 0 aliphatic carbocycles. The molecule has 0 bridgehead atoms. The predicted molar refractivity (Wildman–Crippen MR) is 117 cm³/mol. The van der Waals surface area contributed by atoms with Gasteiger partial charge in [-0.1, -0.05) is 20.8 Å². The Morgan fingerprint density at radius 2 is 1.59 bits per heavy atom. The lowest BCUT2D eigenvalue weighted by Crippen LogP contribution is -2.54. The van der Waals surface area contributed by atoms with Gasteiger partial charge in [0, 0.05) is 11.1 Å². The fourth-order valence-electron chi connectivity index (χ4n) is 2.77. The smallest absolute Gasteiger partial charge is 0.269 e. The Balaban J connectivity index is 2.01. The van der Waals surface area contributed by atoms with Crippen LogP contribution in [0.15, 0.2) is 42.5 Å². The molecule has 0 saturated carbocycles. The normalized spacial score (nSPS) is 11.4. The van der Waals surface area contributed by atoms with E-state index < -0.39 is 29.6 Å². The average molecular weight is 445 g/mol. The van der Waals surface area contributed by atoms with Gasteiger partial charge >= 0.3 is 0 Å². The second-order valence-corrected chi connectivity index (χ2v) is 7.36. The molecule has 0 fully saturated rings. The number of hydrogen-bond donors (Lipinski definition) is 3. The zero-order chi connectivity index (χ0) is 23.7. The lowest BCUT2D eigenvalue weighted by atomic mass is 10.0. The molecule has 1 atom stereocenters. The quantitative estimate of drug-likeness (QED) is 0.515. The van der Waals surface area contributed by atoms with Crippen LogP contribution in [0.1, 0.15) is 47.9 Å². The Labute approximate surface area is 186 Å². The van der Waals surface area contributed by atoms with Gasteiger partial charge in [0.15, 0.2) is 11.5 Å². The van der Waals surface area contributed by atoms with Crippen LogP contribution in [0.3, 0.4) is 0 Å². The minimum Gasteiger partial charge on any atom is -0.493 e. The van der Waals surface area contributed by atoms with Crippen LogP contribution in [0.2, 0.25) is 0 Å². The molecule has 0 aliphatic heterocycles. The molecule has 32 heavy (non-hydrogen) atoms. The van der Waals surface area contributed by atoms with E-state index in [1.165, 1.54) is 25.3 Å². The summed E-state index contributed by atoms with van der Waals surface area (Å²) >= 11 is 0. The number of rotatable bonds is 9. The summed E-state index contributed by atoms with van der Waals surface area (Å²) in [6.45, 7) is 5.98. The molecule has 0 heterocycles. The van der Waals surface area contributed by atoms with E-state index in [0.29, 0.717) is 18.1 Å². The highest BCUT2D eigenvalue weighted by Crippen LogP contribution is 2.28. The summed E-state index contributed by atoms with van der Waals surface area (Å²) in [7, 11) is 1.47. The Bertz CT molecular complexity index is 947. The highest BCUT2D eigenvalue weighted by Gasteiger charge is 2.25. The van der Waals surface area contributed by atoms with Crippen LogP contribution in [-0.2, 0) is 4.79 Å². The summed E-state index contributed by atoms with van der Waals surface area (Å²) in [5.41, 5.74) is 5.13. The van der Waals surface area contributed by atoms with Gasteiger partial charge in [0.05, 0.1) is 13.7 Å². The number of nitrogens with one attached hydrogen (secondary N) is 3. The molecular weight excluding hydrogens is 417 g/mol. The van der Waals surface area contributed by atoms with Crippen LogP contribution in [0, 0.1) is 11.7 Å². The molecule has 0 radical (unpaired) electrons. The van der Waals surface area contributed by atoms with Gasteiger partial charge in [-0.25, -0.2) is 4.39 Å². The second kappa shape index (κ2) is 11.7. The number of carbonyl (C=O) groups excluding carboxylic acids is 3. The lowest BCUT2D eigenvalue weighted by Gasteiger charge is -2.22. The third-order valence-electron chi connectivity index (χ3n) is 4.53. The maximum absolute atomic E-state index is 13.1. The van der Waals surface area contributed by atoms with E-state index in [-0.39, 0.29) is 17.0 Å². The summed E-state index contributed by atoms with van der Waals surface area (Å²) in [4.78, 5) is 37.4. The fraction of sp³-hybridized carbons (Fsp3) is 0.348. The van der Waals surface area contributed by atoms with Crippen molar-refractivity contribution >= 4 is 17.7 Å². The molecule has 2 aromatic carbocycles. The minimum absolute atomic E-state index is 0.214. The first-order valence-corrected chi connectivity index (χ1v) is 10.2. The molecule has 0 aliphatic rings. The number of halogens is 1. The predicted octanol–water partition coefficient (Wildman–Crippen LogP) is 2.84. The highest BCUT2D eigenvalue weighted by atomic mass is 19.1. The standard InChI is InChI=1S/C23H28FN3O5/c1-5-12-32-18-11-8-16(13-19(18)31-4)22(29)26-27-23(30)20(14(2)3)25-21(28)15-6-9-17(24)10-7-15/h6-11,13-14,20H,5,12H2,1-4H3,(H,25,28)(H,26,29)(H,27,30)/t20-/m0/s1. The van der Waals surface area contributed by atoms with Crippen LogP contribution >= 0.6 is 0 Å². The van der Waals surface area contributed by atoms with Crippen LogP contribution in [0.5, 0.6) is 11.5 Å². The van der Waals surface area contributed by atoms with Crippen LogP contribution in [-0.4, -0.2) is 37.5 Å². The van der Waals surface area contributed by atoms with Gasteiger partial charge in [-0.3, -0.25) is 25.2 Å². The monoisotopic (exact) mass is 445 g/mol. The molecule has 0 aromatic heterocycles. The fourth-order valence-corrected chi connectivity index (χ4v) is 2.77. The van der Waals surface area contributed by atoms with Gasteiger partial charge in [0.2, 0.25) is 0 Å². The Hall–Kier alpha value is -3.62. The number of hydrogen-bond acceptors (Lipinski definition) is 5. The van der Waals surface area contributed by atoms with Gasteiger partial charge in [-0.05, 0) is 54.8 Å². The zero-order valence-electron chi connectivity index (χ0n) is 18.5.